The predicted octanol–water partition coefficient (Wildman–Crippen LogP) is 4.00. The molecule has 1 amide bonds. The zero-order valence-electron chi connectivity index (χ0n) is 16.2. The van der Waals surface area contributed by atoms with E-state index >= 15 is 0 Å². The summed E-state index contributed by atoms with van der Waals surface area (Å²) in [5.74, 6) is 0.814. The summed E-state index contributed by atoms with van der Waals surface area (Å²) in [5.41, 5.74) is 2.05. The fourth-order valence-electron chi connectivity index (χ4n) is 3.95. The highest BCUT2D eigenvalue weighted by molar-refractivity contribution is 7.90. The SMILES string of the molecule is CS(=O)(=O)c1cccc(NC(=O)c2cc(C3CC3)nn2CC2CCCCC2)c1. The first-order valence-electron chi connectivity index (χ1n) is 10.1. The number of nitrogens with zero attached hydrogens (tertiary/aromatic N) is 2. The molecule has 1 aromatic heterocycles. The van der Waals surface area contributed by atoms with Gasteiger partial charge in [0.2, 0.25) is 0 Å². The molecule has 2 aliphatic rings. The zero-order valence-corrected chi connectivity index (χ0v) is 17.0. The van der Waals surface area contributed by atoms with Crippen LogP contribution in [-0.2, 0) is 16.4 Å². The minimum absolute atomic E-state index is 0.194. The second-order valence-electron chi connectivity index (χ2n) is 8.17. The molecule has 1 aromatic carbocycles. The number of rotatable bonds is 6. The van der Waals surface area contributed by atoms with Crippen molar-refractivity contribution in [3.8, 4) is 0 Å². The van der Waals surface area contributed by atoms with Crippen LogP contribution in [0.15, 0.2) is 35.2 Å². The van der Waals surface area contributed by atoms with Gasteiger partial charge in [0.05, 0.1) is 10.6 Å². The zero-order chi connectivity index (χ0) is 19.7. The molecule has 2 fully saturated rings. The minimum Gasteiger partial charge on any atom is -0.321 e. The predicted molar refractivity (Wildman–Crippen MR) is 108 cm³/mol. The van der Waals surface area contributed by atoms with Gasteiger partial charge in [-0.1, -0.05) is 25.3 Å². The Morgan fingerprint density at radius 1 is 1.14 bits per heavy atom. The molecule has 0 atom stereocenters. The van der Waals surface area contributed by atoms with E-state index in [1.807, 2.05) is 10.7 Å². The van der Waals surface area contributed by atoms with Gasteiger partial charge < -0.3 is 5.32 Å². The van der Waals surface area contributed by atoms with Crippen LogP contribution in [0.1, 0.15) is 67.0 Å². The van der Waals surface area contributed by atoms with E-state index in [0.29, 0.717) is 23.2 Å². The van der Waals surface area contributed by atoms with Gasteiger partial charge >= 0.3 is 0 Å². The summed E-state index contributed by atoms with van der Waals surface area (Å²) in [7, 11) is -3.32. The maximum absolute atomic E-state index is 13.0. The molecule has 2 aliphatic carbocycles. The van der Waals surface area contributed by atoms with Crippen LogP contribution in [0, 0.1) is 5.92 Å². The van der Waals surface area contributed by atoms with Crippen molar-refractivity contribution in [3.63, 3.8) is 0 Å². The van der Waals surface area contributed by atoms with Crippen LogP contribution in [0.3, 0.4) is 0 Å². The maximum Gasteiger partial charge on any atom is 0.273 e. The van der Waals surface area contributed by atoms with E-state index < -0.39 is 9.84 Å². The summed E-state index contributed by atoms with van der Waals surface area (Å²) in [6.45, 7) is 0.777. The summed E-state index contributed by atoms with van der Waals surface area (Å²) in [5, 5.41) is 7.60. The van der Waals surface area contributed by atoms with Crippen molar-refractivity contribution in [2.24, 2.45) is 5.92 Å². The molecule has 0 saturated heterocycles. The van der Waals surface area contributed by atoms with E-state index in [9.17, 15) is 13.2 Å². The number of carbonyl (C=O) groups excluding carboxylic acids is 1. The van der Waals surface area contributed by atoms with Gasteiger partial charge in [-0.2, -0.15) is 5.10 Å². The van der Waals surface area contributed by atoms with Crippen molar-refractivity contribution in [2.45, 2.75) is 62.3 Å². The molecule has 0 unspecified atom stereocenters. The molecule has 150 valence electrons. The van der Waals surface area contributed by atoms with Gasteiger partial charge in [-0.25, -0.2) is 8.42 Å². The number of nitrogens with one attached hydrogen (secondary N) is 1. The average Bonchev–Trinajstić information content (AvgIpc) is 3.43. The lowest BCUT2D eigenvalue weighted by Crippen LogP contribution is -2.22. The topological polar surface area (TPSA) is 81.1 Å². The molecular formula is C21H27N3O3S. The summed E-state index contributed by atoms with van der Waals surface area (Å²) in [4.78, 5) is 13.2. The van der Waals surface area contributed by atoms with Crippen LogP contribution in [0.4, 0.5) is 5.69 Å². The molecule has 28 heavy (non-hydrogen) atoms. The quantitative estimate of drug-likeness (QED) is 0.793. The molecule has 0 radical (unpaired) electrons. The Morgan fingerprint density at radius 3 is 2.57 bits per heavy atom. The molecule has 0 bridgehead atoms. The fourth-order valence-corrected chi connectivity index (χ4v) is 4.62. The minimum atomic E-state index is -3.32. The van der Waals surface area contributed by atoms with Gasteiger partial charge in [0.25, 0.3) is 5.91 Å². The van der Waals surface area contributed by atoms with Crippen LogP contribution >= 0.6 is 0 Å². The van der Waals surface area contributed by atoms with E-state index in [2.05, 4.69) is 5.32 Å². The Hall–Kier alpha value is -2.15. The molecule has 6 nitrogen and oxygen atoms in total. The number of hydrogen-bond donors (Lipinski definition) is 1. The van der Waals surface area contributed by atoms with Crippen molar-refractivity contribution < 1.29 is 13.2 Å². The first-order chi connectivity index (χ1) is 13.4. The van der Waals surface area contributed by atoms with Crippen molar-refractivity contribution in [1.29, 1.82) is 0 Å². The van der Waals surface area contributed by atoms with Crippen LogP contribution in [0.5, 0.6) is 0 Å². The molecule has 4 rings (SSSR count). The first-order valence-corrected chi connectivity index (χ1v) is 12.0. The Morgan fingerprint density at radius 2 is 1.89 bits per heavy atom. The van der Waals surface area contributed by atoms with Gasteiger partial charge in [0.1, 0.15) is 5.69 Å². The fraction of sp³-hybridized carbons (Fsp3) is 0.524. The van der Waals surface area contributed by atoms with E-state index in [1.54, 1.807) is 12.1 Å². The lowest BCUT2D eigenvalue weighted by molar-refractivity contribution is 0.101. The summed E-state index contributed by atoms with van der Waals surface area (Å²) in [6, 6.07) is 8.29. The molecule has 1 N–H and O–H groups in total. The van der Waals surface area contributed by atoms with E-state index in [0.717, 1.165) is 31.3 Å². The largest absolute Gasteiger partial charge is 0.321 e. The van der Waals surface area contributed by atoms with E-state index in [1.165, 1.54) is 44.2 Å². The lowest BCUT2D eigenvalue weighted by Gasteiger charge is -2.22. The number of benzene rings is 1. The number of carbonyl (C=O) groups is 1. The molecular weight excluding hydrogens is 374 g/mol. The van der Waals surface area contributed by atoms with Gasteiger partial charge in [-0.15, -0.1) is 0 Å². The molecule has 0 aliphatic heterocycles. The average molecular weight is 402 g/mol. The Labute approximate surface area is 166 Å². The first kappa shape index (κ1) is 19.2. The highest BCUT2D eigenvalue weighted by Gasteiger charge is 2.29. The second-order valence-corrected chi connectivity index (χ2v) is 10.2. The third-order valence-corrected chi connectivity index (χ3v) is 6.81. The molecule has 0 spiro atoms. The number of amides is 1. The number of anilines is 1. The third-order valence-electron chi connectivity index (χ3n) is 5.70. The standard InChI is InChI=1S/C21H27N3O3S/c1-28(26,27)18-9-5-8-17(12-18)22-21(25)20-13-19(16-10-11-16)23-24(20)14-15-6-3-2-4-7-15/h5,8-9,12-13,15-16H,2-4,6-7,10-11,14H2,1H3,(H,22,25). The summed E-state index contributed by atoms with van der Waals surface area (Å²) in [6.07, 6.45) is 9.62. The van der Waals surface area contributed by atoms with E-state index in [-0.39, 0.29) is 10.8 Å². The number of sulfone groups is 1. The van der Waals surface area contributed by atoms with Crippen LogP contribution in [0.25, 0.3) is 0 Å². The van der Waals surface area contributed by atoms with Gasteiger partial charge in [0, 0.05) is 24.4 Å². The van der Waals surface area contributed by atoms with Crippen molar-refractivity contribution in [2.75, 3.05) is 11.6 Å². The second kappa shape index (κ2) is 7.70. The maximum atomic E-state index is 13.0. The van der Waals surface area contributed by atoms with Gasteiger partial charge in [-0.05, 0) is 55.9 Å². The van der Waals surface area contributed by atoms with Crippen LogP contribution < -0.4 is 5.32 Å². The molecule has 2 aromatic rings. The molecule has 7 heteroatoms. The van der Waals surface area contributed by atoms with E-state index in [4.69, 9.17) is 5.10 Å². The lowest BCUT2D eigenvalue weighted by atomic mass is 9.89. The Balaban J connectivity index is 1.56. The monoisotopic (exact) mass is 401 g/mol. The number of aromatic nitrogens is 2. The van der Waals surface area contributed by atoms with Crippen LogP contribution in [0.2, 0.25) is 0 Å². The Kier molecular flexibility index (Phi) is 5.27. The highest BCUT2D eigenvalue weighted by Crippen LogP contribution is 2.39. The van der Waals surface area contributed by atoms with Gasteiger partial charge in [-0.3, -0.25) is 9.48 Å². The Bertz CT molecular complexity index is 971. The summed E-state index contributed by atoms with van der Waals surface area (Å²) >= 11 is 0. The normalized spacial score (nSPS) is 18.2. The summed E-state index contributed by atoms with van der Waals surface area (Å²) < 4.78 is 25.4. The van der Waals surface area contributed by atoms with Crippen molar-refractivity contribution >= 4 is 21.4 Å². The molecule has 1 heterocycles. The van der Waals surface area contributed by atoms with Crippen molar-refractivity contribution in [3.05, 3.63) is 41.7 Å². The van der Waals surface area contributed by atoms with Crippen molar-refractivity contribution in [1.82, 2.24) is 9.78 Å². The number of hydrogen-bond acceptors (Lipinski definition) is 4. The van der Waals surface area contributed by atoms with Gasteiger partial charge in [0.15, 0.2) is 9.84 Å². The third kappa shape index (κ3) is 4.46. The van der Waals surface area contributed by atoms with Crippen LogP contribution in [-0.4, -0.2) is 30.4 Å². The molecule has 2 saturated carbocycles. The smallest absolute Gasteiger partial charge is 0.273 e. The highest BCUT2D eigenvalue weighted by atomic mass is 32.2.